The average Bonchev–Trinajstić information content (AvgIpc) is 3.05. The van der Waals surface area contributed by atoms with Crippen molar-refractivity contribution in [3.8, 4) is 11.5 Å². The van der Waals surface area contributed by atoms with Crippen molar-refractivity contribution in [3.05, 3.63) is 59.8 Å². The lowest BCUT2D eigenvalue weighted by Crippen LogP contribution is -2.45. The zero-order valence-corrected chi connectivity index (χ0v) is 16.3. The summed E-state index contributed by atoms with van der Waals surface area (Å²) in [5.74, 6) is 2.36. The topological polar surface area (TPSA) is 70.7 Å². The molecule has 0 aliphatic carbocycles. The number of H-pyrrole nitrogens is 1. The van der Waals surface area contributed by atoms with Gasteiger partial charge < -0.3 is 25.1 Å². The Morgan fingerprint density at radius 3 is 2.75 bits per heavy atom. The van der Waals surface area contributed by atoms with Crippen LogP contribution < -0.4 is 20.1 Å². The van der Waals surface area contributed by atoms with Crippen molar-refractivity contribution in [3.63, 3.8) is 0 Å². The number of para-hydroxylation sites is 3. The van der Waals surface area contributed by atoms with Gasteiger partial charge in [0.25, 0.3) is 0 Å². The summed E-state index contributed by atoms with van der Waals surface area (Å²) in [6, 6.07) is 16.2. The maximum Gasteiger partial charge on any atom is 0.191 e. The predicted molar refractivity (Wildman–Crippen MR) is 112 cm³/mol. The molecular formula is C22H26N4O2. The fraction of sp³-hybridized carbons (Fsp3) is 0.318. The molecule has 1 aromatic heterocycles. The summed E-state index contributed by atoms with van der Waals surface area (Å²) in [6.07, 6.45) is 0.872. The van der Waals surface area contributed by atoms with Crippen molar-refractivity contribution in [2.45, 2.75) is 19.4 Å². The van der Waals surface area contributed by atoms with E-state index in [1.807, 2.05) is 24.3 Å². The van der Waals surface area contributed by atoms with Crippen LogP contribution in [-0.4, -0.2) is 43.8 Å². The predicted octanol–water partition coefficient (Wildman–Crippen LogP) is 3.02. The van der Waals surface area contributed by atoms with Crippen LogP contribution in [0.5, 0.6) is 11.5 Å². The minimum Gasteiger partial charge on any atom is -0.486 e. The number of rotatable bonds is 5. The number of aromatic amines is 1. The lowest BCUT2D eigenvalue weighted by Gasteiger charge is -2.27. The largest absolute Gasteiger partial charge is 0.486 e. The Labute approximate surface area is 165 Å². The molecule has 0 saturated heterocycles. The normalized spacial score (nSPS) is 16.2. The fourth-order valence-electron chi connectivity index (χ4n) is 3.56. The second kappa shape index (κ2) is 8.25. The summed E-state index contributed by atoms with van der Waals surface area (Å²) < 4.78 is 11.7. The number of benzene rings is 2. The number of fused-ring (bicyclic) bond motifs is 2. The molecule has 6 nitrogen and oxygen atoms in total. The molecule has 4 rings (SSSR count). The summed E-state index contributed by atoms with van der Waals surface area (Å²) >= 11 is 0. The second-order valence-corrected chi connectivity index (χ2v) is 6.90. The Balaban J connectivity index is 1.28. The lowest BCUT2D eigenvalue weighted by atomic mass is 10.1. The number of hydrogen-bond donors (Lipinski definition) is 3. The van der Waals surface area contributed by atoms with E-state index in [0.717, 1.165) is 30.4 Å². The molecule has 3 N–H and O–H groups in total. The van der Waals surface area contributed by atoms with Gasteiger partial charge in [-0.2, -0.15) is 0 Å². The first-order valence-corrected chi connectivity index (χ1v) is 9.64. The highest BCUT2D eigenvalue weighted by molar-refractivity contribution is 5.84. The number of ether oxygens (including phenoxy) is 2. The smallest absolute Gasteiger partial charge is 0.191 e. The number of nitrogens with one attached hydrogen (secondary N) is 3. The van der Waals surface area contributed by atoms with E-state index in [0.29, 0.717) is 13.2 Å². The molecule has 0 radical (unpaired) electrons. The number of guanidine groups is 1. The third-order valence-corrected chi connectivity index (χ3v) is 4.98. The molecule has 1 aliphatic heterocycles. The Bertz CT molecular complexity index is 980. The van der Waals surface area contributed by atoms with Crippen LogP contribution in [0.2, 0.25) is 0 Å². The first kappa shape index (κ1) is 18.2. The van der Waals surface area contributed by atoms with Crippen molar-refractivity contribution < 1.29 is 9.47 Å². The van der Waals surface area contributed by atoms with Crippen molar-refractivity contribution in [2.75, 3.05) is 26.7 Å². The molecule has 3 aromatic rings. The monoisotopic (exact) mass is 378 g/mol. The molecule has 0 spiro atoms. The van der Waals surface area contributed by atoms with E-state index < -0.39 is 0 Å². The molecule has 6 heteroatoms. The zero-order chi connectivity index (χ0) is 19.3. The van der Waals surface area contributed by atoms with Gasteiger partial charge in [-0.25, -0.2) is 0 Å². The number of aryl methyl sites for hydroxylation is 1. The van der Waals surface area contributed by atoms with Gasteiger partial charge in [-0.05, 0) is 37.1 Å². The Morgan fingerprint density at radius 1 is 1.11 bits per heavy atom. The summed E-state index contributed by atoms with van der Waals surface area (Å²) in [7, 11) is 1.78. The van der Waals surface area contributed by atoms with Gasteiger partial charge in [0.05, 0.1) is 6.54 Å². The molecule has 1 unspecified atom stereocenters. The highest BCUT2D eigenvalue weighted by Crippen LogP contribution is 2.30. The van der Waals surface area contributed by atoms with Crippen molar-refractivity contribution >= 4 is 16.9 Å². The lowest BCUT2D eigenvalue weighted by molar-refractivity contribution is 0.0936. The molecule has 0 saturated carbocycles. The van der Waals surface area contributed by atoms with Gasteiger partial charge in [0.1, 0.15) is 12.7 Å². The van der Waals surface area contributed by atoms with E-state index in [9.17, 15) is 0 Å². The summed E-state index contributed by atoms with van der Waals surface area (Å²) in [5.41, 5.74) is 3.75. The zero-order valence-electron chi connectivity index (χ0n) is 16.3. The molecule has 2 aromatic carbocycles. The molecule has 146 valence electrons. The molecule has 2 heterocycles. The van der Waals surface area contributed by atoms with E-state index in [-0.39, 0.29) is 6.10 Å². The molecule has 0 amide bonds. The van der Waals surface area contributed by atoms with Gasteiger partial charge in [-0.15, -0.1) is 0 Å². The number of aromatic nitrogens is 1. The first-order valence-electron chi connectivity index (χ1n) is 9.64. The van der Waals surface area contributed by atoms with Crippen molar-refractivity contribution in [2.24, 2.45) is 4.99 Å². The maximum absolute atomic E-state index is 5.98. The van der Waals surface area contributed by atoms with Crippen LogP contribution in [0.3, 0.4) is 0 Å². The van der Waals surface area contributed by atoms with Crippen LogP contribution in [0.15, 0.2) is 53.5 Å². The van der Waals surface area contributed by atoms with Gasteiger partial charge in [0.15, 0.2) is 17.5 Å². The molecule has 0 bridgehead atoms. The highest BCUT2D eigenvalue weighted by Gasteiger charge is 2.20. The summed E-state index contributed by atoms with van der Waals surface area (Å²) in [5, 5.41) is 8.00. The molecule has 1 atom stereocenters. The van der Waals surface area contributed by atoms with Crippen molar-refractivity contribution in [1.29, 1.82) is 0 Å². The van der Waals surface area contributed by atoms with E-state index in [2.05, 4.69) is 51.8 Å². The van der Waals surface area contributed by atoms with Gasteiger partial charge in [0.2, 0.25) is 0 Å². The van der Waals surface area contributed by atoms with Gasteiger partial charge >= 0.3 is 0 Å². The fourth-order valence-corrected chi connectivity index (χ4v) is 3.56. The van der Waals surface area contributed by atoms with Gasteiger partial charge in [0, 0.05) is 30.2 Å². The second-order valence-electron chi connectivity index (χ2n) is 6.90. The minimum atomic E-state index is -0.0516. The Morgan fingerprint density at radius 2 is 1.89 bits per heavy atom. The van der Waals surface area contributed by atoms with Crippen LogP contribution in [-0.2, 0) is 6.42 Å². The van der Waals surface area contributed by atoms with Crippen LogP contribution in [0.1, 0.15) is 11.3 Å². The van der Waals surface area contributed by atoms with E-state index >= 15 is 0 Å². The average molecular weight is 378 g/mol. The number of nitrogens with zero attached hydrogens (tertiary/aromatic N) is 1. The van der Waals surface area contributed by atoms with E-state index in [4.69, 9.17) is 9.47 Å². The minimum absolute atomic E-state index is 0.0516. The standard InChI is InChI=1S/C22H26N4O2/c1-15-17(18-7-3-4-8-19(18)26-15)11-12-24-22(23-2)25-13-16-14-27-20-9-5-6-10-21(20)28-16/h3-10,16,26H,11-14H2,1-2H3,(H2,23,24,25). The third-order valence-electron chi connectivity index (χ3n) is 4.98. The molecular weight excluding hydrogens is 352 g/mol. The third kappa shape index (κ3) is 3.91. The van der Waals surface area contributed by atoms with E-state index in [1.165, 1.54) is 22.2 Å². The first-order chi connectivity index (χ1) is 13.7. The van der Waals surface area contributed by atoms with E-state index in [1.54, 1.807) is 7.05 Å². The Kier molecular flexibility index (Phi) is 5.37. The summed E-state index contributed by atoms with van der Waals surface area (Å²) in [6.45, 7) is 4.07. The quantitative estimate of drug-likeness (QED) is 0.471. The maximum atomic E-state index is 5.98. The number of hydrogen-bond acceptors (Lipinski definition) is 3. The molecule has 28 heavy (non-hydrogen) atoms. The molecule has 0 fully saturated rings. The van der Waals surface area contributed by atoms with Gasteiger partial charge in [-0.1, -0.05) is 30.3 Å². The SMILES string of the molecule is CN=C(NCCc1c(C)[nH]c2ccccc12)NCC1COc2ccccc2O1. The number of aliphatic imine (C=N–C) groups is 1. The van der Waals surface area contributed by atoms with Crippen LogP contribution in [0, 0.1) is 6.92 Å². The Hall–Kier alpha value is -3.15. The van der Waals surface area contributed by atoms with Crippen molar-refractivity contribution in [1.82, 2.24) is 15.6 Å². The van der Waals surface area contributed by atoms with Crippen LogP contribution in [0.4, 0.5) is 0 Å². The van der Waals surface area contributed by atoms with Gasteiger partial charge in [-0.3, -0.25) is 4.99 Å². The highest BCUT2D eigenvalue weighted by atomic mass is 16.6. The van der Waals surface area contributed by atoms with Crippen LogP contribution >= 0.6 is 0 Å². The summed E-state index contributed by atoms with van der Waals surface area (Å²) in [4.78, 5) is 7.76. The van der Waals surface area contributed by atoms with Crippen LogP contribution in [0.25, 0.3) is 10.9 Å². The molecule has 1 aliphatic rings.